The quantitative estimate of drug-likeness (QED) is 0.811. The summed E-state index contributed by atoms with van der Waals surface area (Å²) in [4.78, 5) is 4.27. The third-order valence-corrected chi connectivity index (χ3v) is 4.08. The van der Waals surface area contributed by atoms with Gasteiger partial charge in [0, 0.05) is 5.25 Å². The van der Waals surface area contributed by atoms with Crippen LogP contribution in [0.4, 0.5) is 0 Å². The summed E-state index contributed by atoms with van der Waals surface area (Å²) in [6.07, 6.45) is 5.49. The van der Waals surface area contributed by atoms with Crippen LogP contribution in [0.5, 0.6) is 0 Å². The Labute approximate surface area is 93.0 Å². The highest BCUT2D eigenvalue weighted by Gasteiger charge is 2.16. The maximum atomic E-state index is 5.63. The molecule has 14 heavy (non-hydrogen) atoms. The molecule has 0 bridgehead atoms. The Morgan fingerprint density at radius 2 is 2.21 bits per heavy atom. The van der Waals surface area contributed by atoms with Crippen molar-refractivity contribution in [3.8, 4) is 0 Å². The fraction of sp³-hybridized carbons (Fsp3) is 0.778. The van der Waals surface area contributed by atoms with Crippen molar-refractivity contribution in [2.45, 2.75) is 42.6 Å². The zero-order chi connectivity index (χ0) is 9.80. The van der Waals surface area contributed by atoms with Gasteiger partial charge in [0.1, 0.15) is 5.82 Å². The lowest BCUT2D eigenvalue weighted by Crippen LogP contribution is -1.95. The van der Waals surface area contributed by atoms with Gasteiger partial charge < -0.3 is 0 Å². The van der Waals surface area contributed by atoms with Gasteiger partial charge in [-0.15, -0.1) is 11.6 Å². The summed E-state index contributed by atoms with van der Waals surface area (Å²) in [5.41, 5.74) is 0. The minimum absolute atomic E-state index is 0.418. The number of H-pyrrole nitrogens is 1. The molecule has 0 amide bonds. The first kappa shape index (κ1) is 10.3. The number of nitrogens with zero attached hydrogens (tertiary/aromatic N) is 2. The van der Waals surface area contributed by atoms with Gasteiger partial charge in [-0.05, 0) is 12.8 Å². The average Bonchev–Trinajstić information content (AvgIpc) is 2.86. The molecule has 0 aromatic carbocycles. The van der Waals surface area contributed by atoms with E-state index in [0.717, 1.165) is 22.7 Å². The topological polar surface area (TPSA) is 41.6 Å². The Morgan fingerprint density at radius 3 is 2.86 bits per heavy atom. The Kier molecular flexibility index (Phi) is 3.70. The Hall–Kier alpha value is -0.220. The molecule has 1 saturated carbocycles. The molecule has 1 aliphatic rings. The lowest BCUT2D eigenvalue weighted by atomic mass is 10.4. The predicted molar refractivity (Wildman–Crippen MR) is 59.5 cm³/mol. The molecule has 1 aromatic rings. The van der Waals surface area contributed by atoms with Gasteiger partial charge in [-0.1, -0.05) is 12.8 Å². The van der Waals surface area contributed by atoms with Crippen LogP contribution in [-0.2, 0) is 11.6 Å². The van der Waals surface area contributed by atoms with Gasteiger partial charge in [0.25, 0.3) is 0 Å². The van der Waals surface area contributed by atoms with Crippen molar-refractivity contribution in [1.82, 2.24) is 15.2 Å². The Morgan fingerprint density at radius 1 is 1.43 bits per heavy atom. The van der Waals surface area contributed by atoms with Crippen LogP contribution >= 0.6 is 23.4 Å². The molecule has 0 spiro atoms. The Bertz CT molecular complexity index is 283. The molecule has 1 heterocycles. The molecule has 0 atom stereocenters. The van der Waals surface area contributed by atoms with Crippen LogP contribution in [-0.4, -0.2) is 20.4 Å². The molecule has 0 unspecified atom stereocenters. The van der Waals surface area contributed by atoms with Crippen LogP contribution in [0.15, 0.2) is 0 Å². The van der Waals surface area contributed by atoms with Crippen LogP contribution in [0.3, 0.4) is 0 Å². The number of aromatic nitrogens is 3. The standard InChI is InChI=1S/C9H14ClN3S/c10-5-8-11-9(13-12-8)6-14-7-3-1-2-4-7/h7H,1-6H2,(H,11,12,13). The second-order valence-electron chi connectivity index (χ2n) is 3.55. The molecular weight excluding hydrogens is 218 g/mol. The van der Waals surface area contributed by atoms with E-state index in [2.05, 4.69) is 15.2 Å². The summed E-state index contributed by atoms with van der Waals surface area (Å²) >= 11 is 7.60. The van der Waals surface area contributed by atoms with Gasteiger partial charge in [0.05, 0.1) is 11.6 Å². The highest BCUT2D eigenvalue weighted by molar-refractivity contribution is 7.99. The zero-order valence-corrected chi connectivity index (χ0v) is 9.57. The second kappa shape index (κ2) is 5.03. The van der Waals surface area contributed by atoms with E-state index >= 15 is 0 Å². The van der Waals surface area contributed by atoms with E-state index < -0.39 is 0 Å². The number of alkyl halides is 1. The van der Waals surface area contributed by atoms with E-state index in [9.17, 15) is 0 Å². The number of halogens is 1. The number of rotatable bonds is 4. The van der Waals surface area contributed by atoms with Gasteiger partial charge >= 0.3 is 0 Å². The molecule has 0 aliphatic heterocycles. The van der Waals surface area contributed by atoms with E-state index in [-0.39, 0.29) is 0 Å². The summed E-state index contributed by atoms with van der Waals surface area (Å²) in [5.74, 6) is 2.99. The third-order valence-electron chi connectivity index (χ3n) is 2.45. The summed E-state index contributed by atoms with van der Waals surface area (Å²) in [6, 6.07) is 0. The van der Waals surface area contributed by atoms with Crippen molar-refractivity contribution in [1.29, 1.82) is 0 Å². The third kappa shape index (κ3) is 2.64. The smallest absolute Gasteiger partial charge is 0.160 e. The van der Waals surface area contributed by atoms with Crippen LogP contribution in [0, 0.1) is 0 Å². The van der Waals surface area contributed by atoms with Gasteiger partial charge in [-0.2, -0.15) is 16.9 Å². The fourth-order valence-corrected chi connectivity index (χ4v) is 3.01. The molecule has 2 rings (SSSR count). The molecule has 0 saturated heterocycles. The predicted octanol–water partition coefficient (Wildman–Crippen LogP) is 2.72. The molecule has 78 valence electrons. The van der Waals surface area contributed by atoms with Crippen molar-refractivity contribution in [2.24, 2.45) is 0 Å². The first-order valence-corrected chi connectivity index (χ1v) is 6.54. The highest BCUT2D eigenvalue weighted by Crippen LogP contribution is 2.30. The van der Waals surface area contributed by atoms with E-state index in [1.54, 1.807) is 0 Å². The molecule has 1 aliphatic carbocycles. The maximum Gasteiger partial charge on any atom is 0.160 e. The molecule has 5 heteroatoms. The summed E-state index contributed by atoms with van der Waals surface area (Å²) in [7, 11) is 0. The minimum atomic E-state index is 0.418. The first-order chi connectivity index (χ1) is 6.88. The van der Waals surface area contributed by atoms with Gasteiger partial charge in [-0.3, -0.25) is 5.10 Å². The van der Waals surface area contributed by atoms with Gasteiger partial charge in [-0.25, -0.2) is 4.98 Å². The first-order valence-electron chi connectivity index (χ1n) is 4.96. The summed E-state index contributed by atoms with van der Waals surface area (Å²) in [5, 5.41) is 7.76. The zero-order valence-electron chi connectivity index (χ0n) is 8.00. The second-order valence-corrected chi connectivity index (χ2v) is 5.11. The largest absolute Gasteiger partial charge is 0.262 e. The number of nitrogens with one attached hydrogen (secondary N) is 1. The lowest BCUT2D eigenvalue weighted by molar-refractivity contribution is 0.886. The number of aromatic amines is 1. The molecule has 0 radical (unpaired) electrons. The van der Waals surface area contributed by atoms with Gasteiger partial charge in [0.15, 0.2) is 5.82 Å². The molecule has 1 N–H and O–H groups in total. The molecule has 1 aromatic heterocycles. The average molecular weight is 232 g/mol. The Balaban J connectivity index is 1.79. The fourth-order valence-electron chi connectivity index (χ4n) is 1.71. The van der Waals surface area contributed by atoms with Crippen LogP contribution in [0.1, 0.15) is 37.3 Å². The van der Waals surface area contributed by atoms with Gasteiger partial charge in [0.2, 0.25) is 0 Å². The SMILES string of the molecule is ClCc1nc(CSC2CCCC2)n[nH]1. The number of hydrogen-bond donors (Lipinski definition) is 1. The van der Waals surface area contributed by atoms with Crippen LogP contribution in [0.25, 0.3) is 0 Å². The van der Waals surface area contributed by atoms with Crippen molar-refractivity contribution in [3.05, 3.63) is 11.6 Å². The minimum Gasteiger partial charge on any atom is -0.262 e. The normalized spacial score (nSPS) is 17.8. The number of hydrogen-bond acceptors (Lipinski definition) is 3. The van der Waals surface area contributed by atoms with E-state index in [1.807, 2.05) is 11.8 Å². The van der Waals surface area contributed by atoms with Crippen molar-refractivity contribution in [2.75, 3.05) is 0 Å². The monoisotopic (exact) mass is 231 g/mol. The number of thioether (sulfide) groups is 1. The van der Waals surface area contributed by atoms with Crippen molar-refractivity contribution < 1.29 is 0 Å². The van der Waals surface area contributed by atoms with Crippen LogP contribution in [0.2, 0.25) is 0 Å². The highest BCUT2D eigenvalue weighted by atomic mass is 35.5. The summed E-state index contributed by atoms with van der Waals surface area (Å²) < 4.78 is 0. The lowest BCUT2D eigenvalue weighted by Gasteiger charge is -2.05. The van der Waals surface area contributed by atoms with E-state index in [4.69, 9.17) is 11.6 Å². The molecular formula is C9H14ClN3S. The van der Waals surface area contributed by atoms with Crippen LogP contribution < -0.4 is 0 Å². The van der Waals surface area contributed by atoms with E-state index in [0.29, 0.717) is 5.88 Å². The molecule has 1 fully saturated rings. The van der Waals surface area contributed by atoms with Crippen molar-refractivity contribution in [3.63, 3.8) is 0 Å². The van der Waals surface area contributed by atoms with Crippen molar-refractivity contribution >= 4 is 23.4 Å². The van der Waals surface area contributed by atoms with E-state index in [1.165, 1.54) is 25.7 Å². The summed E-state index contributed by atoms with van der Waals surface area (Å²) in [6.45, 7) is 0. The molecule has 3 nitrogen and oxygen atoms in total. The maximum absolute atomic E-state index is 5.63.